The summed E-state index contributed by atoms with van der Waals surface area (Å²) >= 11 is 0. The van der Waals surface area contributed by atoms with Gasteiger partial charge >= 0.3 is 5.97 Å². The molecule has 0 aliphatic carbocycles. The minimum Gasteiger partial charge on any atom is -0.472 e. The van der Waals surface area contributed by atoms with E-state index in [0.717, 1.165) is 19.5 Å². The number of methoxy groups -OCH3 is 1. The van der Waals surface area contributed by atoms with Crippen molar-refractivity contribution in [2.24, 2.45) is 0 Å². The molecule has 0 saturated carbocycles. The van der Waals surface area contributed by atoms with Gasteiger partial charge in [0.25, 0.3) is 0 Å². The van der Waals surface area contributed by atoms with Crippen molar-refractivity contribution in [2.75, 3.05) is 20.2 Å². The molecule has 6 nitrogen and oxygen atoms in total. The molecule has 2 rings (SSSR count). The van der Waals surface area contributed by atoms with Crippen molar-refractivity contribution >= 4 is 5.97 Å². The zero-order chi connectivity index (χ0) is 11.4. The van der Waals surface area contributed by atoms with Crippen molar-refractivity contribution in [3.05, 3.63) is 18.1 Å². The van der Waals surface area contributed by atoms with Gasteiger partial charge in [-0.2, -0.15) is 0 Å². The molecule has 1 N–H and O–H groups in total. The van der Waals surface area contributed by atoms with Gasteiger partial charge in [0.1, 0.15) is 6.10 Å². The van der Waals surface area contributed by atoms with Crippen LogP contribution in [0, 0.1) is 0 Å². The number of carbonyl (C=O) groups excluding carboxylic acids is 1. The number of nitrogens with zero attached hydrogens (tertiary/aromatic N) is 2. The number of esters is 1. The molecule has 0 bridgehead atoms. The minimum atomic E-state index is -0.512. The fraction of sp³-hybridized carbons (Fsp3) is 0.500. The zero-order valence-corrected chi connectivity index (χ0v) is 8.97. The van der Waals surface area contributed by atoms with Gasteiger partial charge in [-0.05, 0) is 13.0 Å². The molecule has 1 unspecified atom stereocenters. The molecule has 2 heterocycles. The first-order valence-electron chi connectivity index (χ1n) is 5.07. The van der Waals surface area contributed by atoms with Gasteiger partial charge in [0.2, 0.25) is 5.88 Å². The number of rotatable bonds is 3. The first-order chi connectivity index (χ1) is 7.79. The van der Waals surface area contributed by atoms with E-state index in [1.165, 1.54) is 19.5 Å². The quantitative estimate of drug-likeness (QED) is 0.727. The Kier molecular flexibility index (Phi) is 3.31. The van der Waals surface area contributed by atoms with Crippen LogP contribution in [0.25, 0.3) is 0 Å². The first kappa shape index (κ1) is 10.8. The third kappa shape index (κ3) is 2.46. The molecule has 0 amide bonds. The second kappa shape index (κ2) is 4.89. The Hall–Kier alpha value is -1.69. The van der Waals surface area contributed by atoms with Gasteiger partial charge in [-0.3, -0.25) is 4.98 Å². The highest BCUT2D eigenvalue weighted by atomic mass is 16.5. The number of ether oxygens (including phenoxy) is 2. The second-order valence-corrected chi connectivity index (χ2v) is 3.47. The van der Waals surface area contributed by atoms with Gasteiger partial charge in [-0.15, -0.1) is 0 Å². The van der Waals surface area contributed by atoms with Crippen molar-refractivity contribution in [3.8, 4) is 5.88 Å². The normalized spacial score (nSPS) is 19.4. The number of carbonyl (C=O) groups is 1. The molecule has 6 heteroatoms. The molecule has 86 valence electrons. The monoisotopic (exact) mass is 223 g/mol. The predicted molar refractivity (Wildman–Crippen MR) is 55.3 cm³/mol. The predicted octanol–water partition coefficient (Wildman–Crippen LogP) is 0.00390. The number of hydrogen-bond donors (Lipinski definition) is 1. The topological polar surface area (TPSA) is 73.3 Å². The summed E-state index contributed by atoms with van der Waals surface area (Å²) in [5.41, 5.74) is 0.158. The lowest BCUT2D eigenvalue weighted by molar-refractivity contribution is 0.0591. The van der Waals surface area contributed by atoms with E-state index in [9.17, 15) is 4.79 Å². The van der Waals surface area contributed by atoms with E-state index in [2.05, 4.69) is 20.0 Å². The fourth-order valence-corrected chi connectivity index (χ4v) is 1.51. The van der Waals surface area contributed by atoms with Crippen LogP contribution in [0.4, 0.5) is 0 Å². The van der Waals surface area contributed by atoms with Gasteiger partial charge in [0.05, 0.1) is 19.5 Å². The maximum atomic E-state index is 11.2. The highest BCUT2D eigenvalue weighted by Crippen LogP contribution is 2.11. The third-order valence-corrected chi connectivity index (χ3v) is 2.31. The van der Waals surface area contributed by atoms with Crippen molar-refractivity contribution in [1.29, 1.82) is 0 Å². The molecular formula is C10H13N3O3. The van der Waals surface area contributed by atoms with Gasteiger partial charge in [-0.1, -0.05) is 0 Å². The Labute approximate surface area is 93.0 Å². The van der Waals surface area contributed by atoms with E-state index in [-0.39, 0.29) is 11.8 Å². The molecule has 0 aromatic carbocycles. The third-order valence-electron chi connectivity index (χ3n) is 2.31. The highest BCUT2D eigenvalue weighted by molar-refractivity contribution is 5.86. The van der Waals surface area contributed by atoms with E-state index in [1.54, 1.807) is 0 Å². The van der Waals surface area contributed by atoms with Crippen LogP contribution in [-0.4, -0.2) is 42.2 Å². The summed E-state index contributed by atoms with van der Waals surface area (Å²) in [4.78, 5) is 19.1. The molecule has 1 aliphatic heterocycles. The van der Waals surface area contributed by atoms with Crippen molar-refractivity contribution in [1.82, 2.24) is 15.3 Å². The summed E-state index contributed by atoms with van der Waals surface area (Å²) in [6.07, 6.45) is 3.88. The summed E-state index contributed by atoms with van der Waals surface area (Å²) in [6.45, 7) is 1.74. The molecule has 0 radical (unpaired) electrons. The number of nitrogens with one attached hydrogen (secondary N) is 1. The van der Waals surface area contributed by atoms with E-state index < -0.39 is 5.97 Å². The summed E-state index contributed by atoms with van der Waals surface area (Å²) < 4.78 is 10.1. The molecule has 1 aromatic heterocycles. The second-order valence-electron chi connectivity index (χ2n) is 3.47. The Morgan fingerprint density at radius 1 is 1.56 bits per heavy atom. The van der Waals surface area contributed by atoms with E-state index >= 15 is 0 Å². The molecule has 1 fully saturated rings. The highest BCUT2D eigenvalue weighted by Gasteiger charge is 2.17. The average Bonchev–Trinajstić information content (AvgIpc) is 2.81. The Morgan fingerprint density at radius 3 is 3.12 bits per heavy atom. The van der Waals surface area contributed by atoms with E-state index in [0.29, 0.717) is 5.88 Å². The summed E-state index contributed by atoms with van der Waals surface area (Å²) in [6, 6.07) is 0. The Balaban J connectivity index is 2.06. The zero-order valence-electron chi connectivity index (χ0n) is 8.97. The molecule has 1 aromatic rings. The molecule has 1 saturated heterocycles. The standard InChI is InChI=1S/C10H13N3O3/c1-15-10(14)8-5-12-6-9(13-8)16-7-2-3-11-4-7/h5-7,11H,2-4H2,1H3. The first-order valence-corrected chi connectivity index (χ1v) is 5.07. The van der Waals surface area contributed by atoms with Gasteiger partial charge in [0.15, 0.2) is 5.69 Å². The lowest BCUT2D eigenvalue weighted by Crippen LogP contribution is -2.20. The summed E-state index contributed by atoms with van der Waals surface area (Å²) in [7, 11) is 1.30. The van der Waals surface area contributed by atoms with Crippen LogP contribution in [0.1, 0.15) is 16.9 Å². The van der Waals surface area contributed by atoms with Gasteiger partial charge < -0.3 is 14.8 Å². The SMILES string of the molecule is COC(=O)c1cncc(OC2CCNC2)n1. The molecule has 1 atom stereocenters. The summed E-state index contributed by atoms with van der Waals surface area (Å²) in [5.74, 6) is -0.154. The van der Waals surface area contributed by atoms with Crippen LogP contribution in [0.3, 0.4) is 0 Å². The molecule has 16 heavy (non-hydrogen) atoms. The summed E-state index contributed by atoms with van der Waals surface area (Å²) in [5, 5.41) is 3.18. The van der Waals surface area contributed by atoms with Crippen molar-refractivity contribution < 1.29 is 14.3 Å². The Bertz CT molecular complexity index is 377. The van der Waals surface area contributed by atoms with Crippen molar-refractivity contribution in [2.45, 2.75) is 12.5 Å². The molecular weight excluding hydrogens is 210 g/mol. The van der Waals surface area contributed by atoms with E-state index in [4.69, 9.17) is 4.74 Å². The average molecular weight is 223 g/mol. The largest absolute Gasteiger partial charge is 0.472 e. The maximum absolute atomic E-state index is 11.2. The smallest absolute Gasteiger partial charge is 0.358 e. The number of aromatic nitrogens is 2. The van der Waals surface area contributed by atoms with Crippen LogP contribution < -0.4 is 10.1 Å². The van der Waals surface area contributed by atoms with Crippen molar-refractivity contribution in [3.63, 3.8) is 0 Å². The van der Waals surface area contributed by atoms with Gasteiger partial charge in [0, 0.05) is 6.54 Å². The van der Waals surface area contributed by atoms with E-state index in [1.807, 2.05) is 0 Å². The van der Waals surface area contributed by atoms with Crippen LogP contribution in [-0.2, 0) is 4.74 Å². The molecule has 0 spiro atoms. The van der Waals surface area contributed by atoms with Crippen LogP contribution in [0.5, 0.6) is 5.88 Å². The minimum absolute atomic E-state index is 0.0993. The van der Waals surface area contributed by atoms with Crippen LogP contribution in [0.2, 0.25) is 0 Å². The lowest BCUT2D eigenvalue weighted by atomic mass is 10.3. The maximum Gasteiger partial charge on any atom is 0.358 e. The lowest BCUT2D eigenvalue weighted by Gasteiger charge is -2.11. The molecule has 1 aliphatic rings. The number of hydrogen-bond acceptors (Lipinski definition) is 6. The van der Waals surface area contributed by atoms with Crippen LogP contribution >= 0.6 is 0 Å². The van der Waals surface area contributed by atoms with Crippen LogP contribution in [0.15, 0.2) is 12.4 Å². The Morgan fingerprint density at radius 2 is 2.44 bits per heavy atom. The fourth-order valence-electron chi connectivity index (χ4n) is 1.51. The van der Waals surface area contributed by atoms with Gasteiger partial charge in [-0.25, -0.2) is 9.78 Å².